The maximum Gasteiger partial charge on any atom is 0.278 e. The second-order valence-electron chi connectivity index (χ2n) is 4.19. The van der Waals surface area contributed by atoms with E-state index in [0.29, 0.717) is 4.31 Å². The average molecular weight is 341 g/mol. The van der Waals surface area contributed by atoms with Gasteiger partial charge in [-0.15, -0.1) is 11.3 Å². The third kappa shape index (κ3) is 2.14. The molecule has 0 radical (unpaired) electrons. The topological polar surface area (TPSA) is 99.6 Å². The van der Waals surface area contributed by atoms with Gasteiger partial charge < -0.3 is 10.4 Å². The highest BCUT2D eigenvalue weighted by Gasteiger charge is 2.38. The summed E-state index contributed by atoms with van der Waals surface area (Å²) in [5.74, 6) is -2.11. The van der Waals surface area contributed by atoms with Gasteiger partial charge in [-0.2, -0.15) is 0 Å². The van der Waals surface area contributed by atoms with Crippen molar-refractivity contribution in [3.05, 3.63) is 46.3 Å². The van der Waals surface area contributed by atoms with E-state index in [4.69, 9.17) is 5.48 Å². The maximum atomic E-state index is 12.5. The number of pyridine rings is 1. The molecule has 0 atom stereocenters. The van der Waals surface area contributed by atoms with Crippen molar-refractivity contribution >= 4 is 38.8 Å². The number of carbonyl (C=O) groups is 1. The second-order valence-corrected chi connectivity index (χ2v) is 7.04. The summed E-state index contributed by atoms with van der Waals surface area (Å²) >= 11 is 0.944. The van der Waals surface area contributed by atoms with E-state index in [1.165, 1.54) is 11.4 Å². The lowest BCUT2D eigenvalue weighted by Crippen LogP contribution is -2.36. The van der Waals surface area contributed by atoms with Gasteiger partial charge in [0, 0.05) is 13.2 Å². The van der Waals surface area contributed by atoms with Crippen molar-refractivity contribution in [3.63, 3.8) is 0 Å². The molecule has 1 amide bonds. The van der Waals surface area contributed by atoms with Crippen molar-refractivity contribution in [2.75, 3.05) is 12.4 Å². The summed E-state index contributed by atoms with van der Waals surface area (Å²) in [6, 6.07) is -0.469. The number of thiophene rings is 1. The molecule has 7 nitrogen and oxygen atoms in total. The predicted octanol–water partition coefficient (Wildman–Crippen LogP) is 1.64. The van der Waals surface area contributed by atoms with Crippen LogP contribution in [0.2, 0.25) is 0 Å². The van der Waals surface area contributed by atoms with Crippen LogP contribution >= 0.6 is 11.3 Å². The molecule has 2 aromatic rings. The van der Waals surface area contributed by atoms with Gasteiger partial charge in [-0.25, -0.2) is 13.4 Å². The molecule has 0 aliphatic carbocycles. The predicted molar refractivity (Wildman–Crippen MR) is 81.7 cm³/mol. The minimum Gasteiger partial charge on any atom is -0.504 e. The van der Waals surface area contributed by atoms with Crippen LogP contribution in [0.3, 0.4) is 0 Å². The molecule has 0 aromatic carbocycles. The van der Waals surface area contributed by atoms with Crippen LogP contribution in [0.1, 0.15) is 10.4 Å². The van der Waals surface area contributed by atoms with Crippen LogP contribution in [0.15, 0.2) is 46.3 Å². The molecule has 2 N–H and O–H groups in total. The summed E-state index contributed by atoms with van der Waals surface area (Å²) < 4.78 is 55.8. The first-order valence-electron chi connectivity index (χ1n) is 7.83. The molecule has 22 heavy (non-hydrogen) atoms. The van der Waals surface area contributed by atoms with E-state index in [1.807, 2.05) is 0 Å². The highest BCUT2D eigenvalue weighted by atomic mass is 32.2. The van der Waals surface area contributed by atoms with Crippen molar-refractivity contribution in [2.45, 2.75) is 4.90 Å². The third-order valence-electron chi connectivity index (χ3n) is 2.94. The number of fused-ring (bicyclic) bond motifs is 1. The SMILES string of the molecule is [2H]c1nc(NC(=O)C2=C(O)c3sccc3S(=O)(=O)N2C)c([2H])c([2H])c1[2H]. The van der Waals surface area contributed by atoms with E-state index in [2.05, 4.69) is 10.3 Å². The standard InChI is InChI=1S/C13H11N3O4S2/c1-16-10(13(18)15-9-4-2-3-6-14-9)11(17)12-8(5-7-21-12)22(16,19)20/h2-7,17H,1H3,(H,14,15,18)/i2D,3D,4D,6D. The molecular weight excluding hydrogens is 326 g/mol. The molecule has 1 aliphatic heterocycles. The van der Waals surface area contributed by atoms with E-state index in [9.17, 15) is 18.3 Å². The van der Waals surface area contributed by atoms with Crippen molar-refractivity contribution in [1.29, 1.82) is 0 Å². The Morgan fingerprint density at radius 2 is 2.27 bits per heavy atom. The number of aliphatic hydroxyl groups is 1. The zero-order valence-corrected chi connectivity index (χ0v) is 12.7. The largest absolute Gasteiger partial charge is 0.504 e. The fourth-order valence-corrected chi connectivity index (χ4v) is 4.46. The number of anilines is 1. The van der Waals surface area contributed by atoms with Crippen LogP contribution in [0, 0.1) is 0 Å². The summed E-state index contributed by atoms with van der Waals surface area (Å²) in [7, 11) is -2.94. The lowest BCUT2D eigenvalue weighted by atomic mass is 10.3. The number of hydrogen-bond acceptors (Lipinski definition) is 6. The van der Waals surface area contributed by atoms with Gasteiger partial charge in [-0.05, 0) is 23.5 Å². The Bertz CT molecular complexity index is 1080. The van der Waals surface area contributed by atoms with Gasteiger partial charge in [0.1, 0.15) is 10.7 Å². The molecule has 9 heteroatoms. The second kappa shape index (κ2) is 5.11. The van der Waals surface area contributed by atoms with E-state index >= 15 is 0 Å². The van der Waals surface area contributed by atoms with Crippen LogP contribution in [0.5, 0.6) is 0 Å². The average Bonchev–Trinajstić information content (AvgIpc) is 3.07. The van der Waals surface area contributed by atoms with Crippen molar-refractivity contribution in [3.8, 4) is 0 Å². The highest BCUT2D eigenvalue weighted by molar-refractivity contribution is 7.89. The van der Waals surface area contributed by atoms with Crippen LogP contribution in [0.25, 0.3) is 5.76 Å². The molecular formula is C13H11N3O4S2. The molecule has 0 fully saturated rings. The lowest BCUT2D eigenvalue weighted by molar-refractivity contribution is -0.113. The number of likely N-dealkylation sites (N-methyl/N-ethyl adjacent to an activating group) is 1. The molecule has 0 saturated carbocycles. The number of aromatic nitrogens is 1. The number of aliphatic hydroxyl groups excluding tert-OH is 1. The van der Waals surface area contributed by atoms with E-state index in [-0.39, 0.29) is 9.77 Å². The summed E-state index contributed by atoms with van der Waals surface area (Å²) in [6.07, 6.45) is -0.621. The normalized spacial score (nSPS) is 18.9. The highest BCUT2D eigenvalue weighted by Crippen LogP contribution is 2.38. The summed E-state index contributed by atoms with van der Waals surface area (Å²) in [5, 5.41) is 13.9. The van der Waals surface area contributed by atoms with Crippen molar-refractivity contribution < 1.29 is 23.8 Å². The fraction of sp³-hybridized carbons (Fsp3) is 0.0769. The molecule has 0 saturated heterocycles. The van der Waals surface area contributed by atoms with Gasteiger partial charge in [0.15, 0.2) is 11.5 Å². The Morgan fingerprint density at radius 3 is 3.05 bits per heavy atom. The lowest BCUT2D eigenvalue weighted by Gasteiger charge is -2.26. The maximum absolute atomic E-state index is 12.5. The molecule has 0 bridgehead atoms. The molecule has 2 aromatic heterocycles. The summed E-state index contributed by atoms with van der Waals surface area (Å²) in [6.45, 7) is 0. The monoisotopic (exact) mass is 341 g/mol. The summed E-state index contributed by atoms with van der Waals surface area (Å²) in [4.78, 5) is 16.0. The van der Waals surface area contributed by atoms with Gasteiger partial charge >= 0.3 is 0 Å². The van der Waals surface area contributed by atoms with Crippen molar-refractivity contribution in [1.82, 2.24) is 9.29 Å². The molecule has 3 rings (SSSR count). The minimum atomic E-state index is -4.04. The van der Waals surface area contributed by atoms with Gasteiger partial charge in [0.25, 0.3) is 15.9 Å². The van der Waals surface area contributed by atoms with Gasteiger partial charge in [-0.1, -0.05) is 6.04 Å². The molecule has 0 unspecified atom stereocenters. The quantitative estimate of drug-likeness (QED) is 0.865. The number of hydrogen-bond donors (Lipinski definition) is 2. The Kier molecular flexibility index (Phi) is 2.40. The molecule has 3 heterocycles. The van der Waals surface area contributed by atoms with Crippen LogP contribution in [0.4, 0.5) is 5.82 Å². The molecule has 1 aliphatic rings. The minimum absolute atomic E-state index is 0.0103. The first kappa shape index (κ1) is 10.4. The molecule has 114 valence electrons. The van der Waals surface area contributed by atoms with E-state index in [0.717, 1.165) is 18.4 Å². The van der Waals surface area contributed by atoms with Crippen molar-refractivity contribution in [2.24, 2.45) is 0 Å². The Morgan fingerprint density at radius 1 is 1.50 bits per heavy atom. The number of sulfonamides is 1. The number of rotatable bonds is 2. The third-order valence-corrected chi connectivity index (χ3v) is 5.79. The number of nitrogens with zero attached hydrogens (tertiary/aromatic N) is 2. The first-order valence-corrected chi connectivity index (χ1v) is 8.15. The number of nitrogens with one attached hydrogen (secondary N) is 1. The van der Waals surface area contributed by atoms with E-state index < -0.39 is 57.5 Å². The zero-order chi connectivity index (χ0) is 19.4. The Balaban J connectivity index is 2.08. The first-order chi connectivity index (χ1) is 12.1. The Hall–Kier alpha value is -2.39. The number of carbonyl (C=O) groups excluding carboxylic acids is 1. The van der Waals surface area contributed by atoms with Gasteiger partial charge in [0.2, 0.25) is 0 Å². The van der Waals surface area contributed by atoms with Crippen LogP contribution in [-0.4, -0.2) is 35.8 Å². The van der Waals surface area contributed by atoms with Crippen LogP contribution in [-0.2, 0) is 14.8 Å². The Labute approximate surface area is 136 Å². The number of amides is 1. The van der Waals surface area contributed by atoms with Gasteiger partial charge in [-0.3, -0.25) is 9.10 Å². The van der Waals surface area contributed by atoms with E-state index in [1.54, 1.807) is 0 Å². The zero-order valence-electron chi connectivity index (χ0n) is 15.0. The summed E-state index contributed by atoms with van der Waals surface area (Å²) in [5.41, 5.74) is -0.575. The smallest absolute Gasteiger partial charge is 0.278 e. The van der Waals surface area contributed by atoms with Crippen LogP contribution < -0.4 is 5.32 Å². The molecule has 0 spiro atoms. The fourth-order valence-electron chi connectivity index (χ4n) is 1.90. The van der Waals surface area contributed by atoms with Gasteiger partial charge in [0.05, 0.1) is 10.4 Å².